The standard InChI is InChI=1S/C15H24N4O3S/c1-2-16-23(21,22)17-12-15(20)18-13-6-8-14(9-7-13)19-10-4-3-5-11-19/h6-9,16-17H,2-5,10-12H2,1H3,(H,18,20). The highest BCUT2D eigenvalue weighted by molar-refractivity contribution is 7.87. The first-order valence-electron chi connectivity index (χ1n) is 7.89. The first-order chi connectivity index (χ1) is 11.0. The number of anilines is 2. The number of nitrogens with zero attached hydrogens (tertiary/aromatic N) is 1. The molecule has 3 N–H and O–H groups in total. The van der Waals surface area contributed by atoms with Crippen LogP contribution in [-0.4, -0.2) is 40.5 Å². The normalized spacial score (nSPS) is 15.4. The van der Waals surface area contributed by atoms with Gasteiger partial charge in [-0.1, -0.05) is 6.92 Å². The Hall–Kier alpha value is -1.64. The van der Waals surface area contributed by atoms with Gasteiger partial charge in [-0.05, 0) is 43.5 Å². The fourth-order valence-corrected chi connectivity index (χ4v) is 3.32. The Balaban J connectivity index is 1.84. The minimum Gasteiger partial charge on any atom is -0.372 e. The topological polar surface area (TPSA) is 90.5 Å². The molecule has 0 spiro atoms. The number of amides is 1. The first-order valence-corrected chi connectivity index (χ1v) is 9.37. The van der Waals surface area contributed by atoms with Gasteiger partial charge in [0.1, 0.15) is 0 Å². The van der Waals surface area contributed by atoms with Crippen molar-refractivity contribution in [1.82, 2.24) is 9.44 Å². The van der Waals surface area contributed by atoms with Gasteiger partial charge in [0.15, 0.2) is 0 Å². The molecule has 0 aromatic heterocycles. The number of piperidine rings is 1. The Labute approximate surface area is 137 Å². The smallest absolute Gasteiger partial charge is 0.277 e. The third-order valence-electron chi connectivity index (χ3n) is 3.63. The van der Waals surface area contributed by atoms with E-state index in [4.69, 9.17) is 0 Å². The van der Waals surface area contributed by atoms with E-state index in [9.17, 15) is 13.2 Å². The summed E-state index contributed by atoms with van der Waals surface area (Å²) in [7, 11) is -3.61. The van der Waals surface area contributed by atoms with Gasteiger partial charge in [0.05, 0.1) is 6.54 Å². The average Bonchev–Trinajstić information content (AvgIpc) is 2.55. The summed E-state index contributed by atoms with van der Waals surface area (Å²) in [5.41, 5.74) is 1.80. The summed E-state index contributed by atoms with van der Waals surface area (Å²) in [5.74, 6) is -0.405. The fraction of sp³-hybridized carbons (Fsp3) is 0.533. The van der Waals surface area contributed by atoms with Crippen molar-refractivity contribution < 1.29 is 13.2 Å². The van der Waals surface area contributed by atoms with Crippen LogP contribution in [0.25, 0.3) is 0 Å². The second-order valence-corrected chi connectivity index (χ2v) is 7.05. The fourth-order valence-electron chi connectivity index (χ4n) is 2.51. The molecule has 0 saturated carbocycles. The number of benzene rings is 1. The molecule has 0 atom stereocenters. The summed E-state index contributed by atoms with van der Waals surface area (Å²) >= 11 is 0. The van der Waals surface area contributed by atoms with Gasteiger partial charge in [-0.15, -0.1) is 0 Å². The predicted molar refractivity (Wildman–Crippen MR) is 91.7 cm³/mol. The third kappa shape index (κ3) is 5.81. The zero-order valence-electron chi connectivity index (χ0n) is 13.3. The molecular weight excluding hydrogens is 316 g/mol. The summed E-state index contributed by atoms with van der Waals surface area (Å²) in [5, 5.41) is 2.67. The molecule has 23 heavy (non-hydrogen) atoms. The second-order valence-electron chi connectivity index (χ2n) is 5.47. The van der Waals surface area contributed by atoms with Crippen molar-refractivity contribution in [3.8, 4) is 0 Å². The molecule has 1 aliphatic heterocycles. The lowest BCUT2D eigenvalue weighted by Gasteiger charge is -2.28. The monoisotopic (exact) mass is 340 g/mol. The molecule has 128 valence electrons. The van der Waals surface area contributed by atoms with Crippen molar-refractivity contribution >= 4 is 27.5 Å². The number of hydrogen-bond donors (Lipinski definition) is 3. The molecule has 2 rings (SSSR count). The average molecular weight is 340 g/mol. The van der Waals surface area contributed by atoms with Crippen molar-refractivity contribution in [3.63, 3.8) is 0 Å². The number of carbonyl (C=O) groups excluding carboxylic acids is 1. The van der Waals surface area contributed by atoms with Crippen molar-refractivity contribution in [1.29, 1.82) is 0 Å². The Morgan fingerprint density at radius 2 is 1.74 bits per heavy atom. The van der Waals surface area contributed by atoms with Gasteiger partial charge in [-0.25, -0.2) is 4.72 Å². The van der Waals surface area contributed by atoms with Gasteiger partial charge in [0.25, 0.3) is 10.2 Å². The van der Waals surface area contributed by atoms with E-state index in [1.54, 1.807) is 6.92 Å². The van der Waals surface area contributed by atoms with Gasteiger partial charge in [0, 0.05) is 31.0 Å². The molecule has 8 heteroatoms. The zero-order chi connectivity index (χ0) is 16.7. The van der Waals surface area contributed by atoms with Crippen LogP contribution in [0.15, 0.2) is 24.3 Å². The van der Waals surface area contributed by atoms with Crippen LogP contribution in [0, 0.1) is 0 Å². The van der Waals surface area contributed by atoms with E-state index in [1.165, 1.54) is 19.3 Å². The molecule has 1 heterocycles. The van der Waals surface area contributed by atoms with Crippen LogP contribution in [-0.2, 0) is 15.0 Å². The Kier molecular flexibility index (Phi) is 6.37. The molecule has 0 aliphatic carbocycles. The number of nitrogens with one attached hydrogen (secondary N) is 3. The van der Waals surface area contributed by atoms with Gasteiger partial charge >= 0.3 is 0 Å². The van der Waals surface area contributed by atoms with Crippen LogP contribution in [0.5, 0.6) is 0 Å². The van der Waals surface area contributed by atoms with E-state index in [-0.39, 0.29) is 13.1 Å². The molecule has 1 aliphatic rings. The Morgan fingerprint density at radius 3 is 2.35 bits per heavy atom. The maximum Gasteiger partial charge on any atom is 0.277 e. The minimum atomic E-state index is -3.61. The molecule has 0 bridgehead atoms. The van der Waals surface area contributed by atoms with E-state index in [0.29, 0.717) is 5.69 Å². The second kappa shape index (κ2) is 8.28. The highest BCUT2D eigenvalue weighted by Gasteiger charge is 2.12. The summed E-state index contributed by atoms with van der Waals surface area (Å²) < 4.78 is 27.2. The molecule has 0 unspecified atom stereocenters. The van der Waals surface area contributed by atoms with Crippen LogP contribution >= 0.6 is 0 Å². The molecule has 1 fully saturated rings. The molecule has 7 nitrogen and oxygen atoms in total. The van der Waals surface area contributed by atoms with Gasteiger partial charge in [-0.2, -0.15) is 13.1 Å². The van der Waals surface area contributed by atoms with Crippen molar-refractivity contribution in [3.05, 3.63) is 24.3 Å². The van der Waals surface area contributed by atoms with Crippen LogP contribution in [0.4, 0.5) is 11.4 Å². The molecule has 1 aromatic carbocycles. The Morgan fingerprint density at radius 1 is 1.09 bits per heavy atom. The molecule has 1 amide bonds. The predicted octanol–water partition coefficient (Wildman–Crippen LogP) is 1.06. The number of carbonyl (C=O) groups is 1. The molecular formula is C15H24N4O3S. The summed E-state index contributed by atoms with van der Waals surface area (Å²) in [6.45, 7) is 3.77. The van der Waals surface area contributed by atoms with Crippen LogP contribution in [0.1, 0.15) is 26.2 Å². The number of hydrogen-bond acceptors (Lipinski definition) is 4. The molecule has 0 radical (unpaired) electrons. The van der Waals surface area contributed by atoms with Gasteiger partial charge in [0.2, 0.25) is 5.91 Å². The summed E-state index contributed by atoms with van der Waals surface area (Å²) in [6, 6.07) is 7.62. The lowest BCUT2D eigenvalue weighted by Crippen LogP contribution is -2.40. The number of rotatable bonds is 7. The maximum absolute atomic E-state index is 11.8. The quantitative estimate of drug-likeness (QED) is 0.692. The summed E-state index contributed by atoms with van der Waals surface area (Å²) in [4.78, 5) is 14.1. The van der Waals surface area contributed by atoms with E-state index in [1.807, 2.05) is 24.3 Å². The zero-order valence-corrected chi connectivity index (χ0v) is 14.2. The van der Waals surface area contributed by atoms with Gasteiger partial charge < -0.3 is 10.2 Å². The maximum atomic E-state index is 11.8. The molecule has 1 aromatic rings. The van der Waals surface area contributed by atoms with Crippen molar-refractivity contribution in [2.75, 3.05) is 36.4 Å². The van der Waals surface area contributed by atoms with Crippen LogP contribution in [0.3, 0.4) is 0 Å². The van der Waals surface area contributed by atoms with Crippen molar-refractivity contribution in [2.45, 2.75) is 26.2 Å². The highest BCUT2D eigenvalue weighted by atomic mass is 32.2. The summed E-state index contributed by atoms with van der Waals surface area (Å²) in [6.07, 6.45) is 3.71. The van der Waals surface area contributed by atoms with E-state index in [0.717, 1.165) is 18.8 Å². The van der Waals surface area contributed by atoms with Crippen molar-refractivity contribution in [2.24, 2.45) is 0 Å². The Bertz CT molecular complexity index is 610. The highest BCUT2D eigenvalue weighted by Crippen LogP contribution is 2.21. The lowest BCUT2D eigenvalue weighted by molar-refractivity contribution is -0.115. The van der Waals surface area contributed by atoms with E-state index >= 15 is 0 Å². The van der Waals surface area contributed by atoms with Crippen LogP contribution < -0.4 is 19.7 Å². The minimum absolute atomic E-state index is 0.273. The molecule has 1 saturated heterocycles. The first kappa shape index (κ1) is 17.7. The van der Waals surface area contributed by atoms with Gasteiger partial charge in [-0.3, -0.25) is 4.79 Å². The van der Waals surface area contributed by atoms with E-state index < -0.39 is 16.1 Å². The lowest BCUT2D eigenvalue weighted by atomic mass is 10.1. The van der Waals surface area contributed by atoms with Crippen LogP contribution in [0.2, 0.25) is 0 Å². The SMILES string of the molecule is CCNS(=O)(=O)NCC(=O)Nc1ccc(N2CCCCC2)cc1. The third-order valence-corrected chi connectivity index (χ3v) is 4.82. The van der Waals surface area contributed by atoms with E-state index in [2.05, 4.69) is 19.7 Å². The largest absolute Gasteiger partial charge is 0.372 e.